The van der Waals surface area contributed by atoms with Gasteiger partial charge in [-0.2, -0.15) is 0 Å². The Morgan fingerprint density at radius 3 is 2.45 bits per heavy atom. The third-order valence-electron chi connectivity index (χ3n) is 2.54. The van der Waals surface area contributed by atoms with E-state index in [9.17, 15) is 9.59 Å². The topological polar surface area (TPSA) is 55.4 Å². The third-order valence-corrected chi connectivity index (χ3v) is 2.79. The molecule has 0 aliphatic carbocycles. The molecule has 0 aromatic heterocycles. The van der Waals surface area contributed by atoms with Crippen LogP contribution in [0, 0.1) is 0 Å². The van der Waals surface area contributed by atoms with Crippen LogP contribution >= 0.6 is 11.6 Å². The highest BCUT2D eigenvalue weighted by Crippen LogP contribution is 2.16. The number of hydrogen-bond donors (Lipinski definition) is 1. The van der Waals surface area contributed by atoms with Crippen molar-refractivity contribution in [3.05, 3.63) is 59.1 Å². The maximum Gasteiger partial charge on any atom is 0.417 e. The van der Waals surface area contributed by atoms with Crippen molar-refractivity contribution in [2.45, 2.75) is 6.92 Å². The molecular formula is C15H12ClNO3. The van der Waals surface area contributed by atoms with Crippen molar-refractivity contribution < 1.29 is 14.3 Å². The molecule has 0 fully saturated rings. The first-order chi connectivity index (χ1) is 9.54. The van der Waals surface area contributed by atoms with Gasteiger partial charge in [-0.15, -0.1) is 0 Å². The van der Waals surface area contributed by atoms with Crippen LogP contribution in [-0.2, 0) is 0 Å². The summed E-state index contributed by atoms with van der Waals surface area (Å²) in [6, 6.07) is 13.1. The number of ketones is 1. The van der Waals surface area contributed by atoms with E-state index in [0.717, 1.165) is 0 Å². The summed E-state index contributed by atoms with van der Waals surface area (Å²) in [5, 5.41) is 3.14. The summed E-state index contributed by atoms with van der Waals surface area (Å²) in [5.41, 5.74) is 1.06. The average molecular weight is 290 g/mol. The molecule has 2 aromatic carbocycles. The zero-order chi connectivity index (χ0) is 14.5. The number of halogens is 1. The quantitative estimate of drug-likeness (QED) is 0.863. The van der Waals surface area contributed by atoms with E-state index in [-0.39, 0.29) is 5.78 Å². The van der Waals surface area contributed by atoms with E-state index in [1.54, 1.807) is 42.5 Å². The molecule has 0 saturated carbocycles. The first-order valence-corrected chi connectivity index (χ1v) is 6.28. The molecule has 0 heterocycles. The summed E-state index contributed by atoms with van der Waals surface area (Å²) >= 11 is 5.75. The minimum absolute atomic E-state index is 0.0893. The Labute approximate surface area is 121 Å². The van der Waals surface area contributed by atoms with Gasteiger partial charge in [0.25, 0.3) is 0 Å². The summed E-state index contributed by atoms with van der Waals surface area (Å²) in [6.07, 6.45) is -0.631. The molecule has 0 unspecified atom stereocenters. The molecule has 0 aliphatic heterocycles. The Hall–Kier alpha value is -2.33. The van der Waals surface area contributed by atoms with Gasteiger partial charge < -0.3 is 4.74 Å². The van der Waals surface area contributed by atoms with Gasteiger partial charge in [-0.1, -0.05) is 23.7 Å². The lowest BCUT2D eigenvalue weighted by atomic mass is 10.1. The Balaban J connectivity index is 2.02. The molecule has 2 aromatic rings. The van der Waals surface area contributed by atoms with E-state index in [4.69, 9.17) is 16.3 Å². The Bertz CT molecular complexity index is 638. The second-order valence-electron chi connectivity index (χ2n) is 4.11. The zero-order valence-corrected chi connectivity index (χ0v) is 11.5. The second kappa shape index (κ2) is 6.21. The molecule has 1 amide bonds. The van der Waals surface area contributed by atoms with E-state index in [0.29, 0.717) is 22.0 Å². The number of anilines is 1. The summed E-state index contributed by atoms with van der Waals surface area (Å²) in [5.74, 6) is 0.220. The molecule has 0 bridgehead atoms. The van der Waals surface area contributed by atoms with Gasteiger partial charge in [0.05, 0.1) is 0 Å². The standard InChI is InChI=1S/C15H12ClNO3/c1-10(18)11-3-2-4-14(9-11)20-15(19)17-13-7-5-12(16)6-8-13/h2-9H,1H3,(H,17,19). The van der Waals surface area contributed by atoms with E-state index in [1.807, 2.05) is 0 Å². The fraction of sp³-hybridized carbons (Fsp3) is 0.0667. The van der Waals surface area contributed by atoms with Crippen LogP contribution in [-0.4, -0.2) is 11.9 Å². The Morgan fingerprint density at radius 2 is 1.80 bits per heavy atom. The largest absolute Gasteiger partial charge is 0.417 e. The molecule has 4 nitrogen and oxygen atoms in total. The monoisotopic (exact) mass is 289 g/mol. The van der Waals surface area contributed by atoms with Crippen LogP contribution in [0.25, 0.3) is 0 Å². The van der Waals surface area contributed by atoms with Gasteiger partial charge in [0.15, 0.2) is 5.78 Å². The van der Waals surface area contributed by atoms with E-state index in [1.165, 1.54) is 13.0 Å². The fourth-order valence-corrected chi connectivity index (χ4v) is 1.69. The van der Waals surface area contributed by atoms with Crippen LogP contribution < -0.4 is 10.1 Å². The van der Waals surface area contributed by atoms with Gasteiger partial charge in [-0.3, -0.25) is 10.1 Å². The summed E-state index contributed by atoms with van der Waals surface area (Å²) in [4.78, 5) is 22.9. The van der Waals surface area contributed by atoms with Crippen LogP contribution in [0.5, 0.6) is 5.75 Å². The number of nitrogens with one attached hydrogen (secondary N) is 1. The van der Waals surface area contributed by atoms with Crippen LogP contribution in [0.15, 0.2) is 48.5 Å². The van der Waals surface area contributed by atoms with Gasteiger partial charge in [-0.25, -0.2) is 4.79 Å². The first kappa shape index (κ1) is 14.1. The number of ether oxygens (including phenoxy) is 1. The van der Waals surface area contributed by atoms with Gasteiger partial charge in [-0.05, 0) is 43.3 Å². The molecule has 2 rings (SSSR count). The highest BCUT2D eigenvalue weighted by molar-refractivity contribution is 6.30. The predicted octanol–water partition coefficient (Wildman–Crippen LogP) is 4.15. The van der Waals surface area contributed by atoms with Crippen molar-refractivity contribution in [2.24, 2.45) is 0 Å². The van der Waals surface area contributed by atoms with Crippen molar-refractivity contribution in [3.63, 3.8) is 0 Å². The van der Waals surface area contributed by atoms with Crippen molar-refractivity contribution in [1.29, 1.82) is 0 Å². The summed E-state index contributed by atoms with van der Waals surface area (Å²) in [6.45, 7) is 1.45. The molecule has 0 radical (unpaired) electrons. The molecular weight excluding hydrogens is 278 g/mol. The lowest BCUT2D eigenvalue weighted by molar-refractivity contribution is 0.101. The zero-order valence-electron chi connectivity index (χ0n) is 10.7. The average Bonchev–Trinajstić information content (AvgIpc) is 2.41. The molecule has 5 heteroatoms. The van der Waals surface area contributed by atoms with E-state index < -0.39 is 6.09 Å². The number of amides is 1. The lowest BCUT2D eigenvalue weighted by Crippen LogP contribution is -2.16. The number of hydrogen-bond acceptors (Lipinski definition) is 3. The van der Waals surface area contributed by atoms with E-state index >= 15 is 0 Å². The molecule has 102 valence electrons. The third kappa shape index (κ3) is 3.83. The van der Waals surface area contributed by atoms with Gasteiger partial charge in [0.1, 0.15) is 5.75 Å². The number of benzene rings is 2. The predicted molar refractivity (Wildman–Crippen MR) is 77.5 cm³/mol. The maximum atomic E-state index is 11.7. The number of carbonyl (C=O) groups is 2. The maximum absolute atomic E-state index is 11.7. The van der Waals surface area contributed by atoms with Crippen molar-refractivity contribution in [3.8, 4) is 5.75 Å². The lowest BCUT2D eigenvalue weighted by Gasteiger charge is -2.07. The number of rotatable bonds is 3. The normalized spacial score (nSPS) is 9.90. The van der Waals surface area contributed by atoms with Crippen LogP contribution in [0.3, 0.4) is 0 Å². The number of Topliss-reactive ketones (excluding diaryl/α,β-unsaturated/α-hetero) is 1. The highest BCUT2D eigenvalue weighted by Gasteiger charge is 2.07. The molecule has 0 atom stereocenters. The molecule has 1 N–H and O–H groups in total. The Kier molecular flexibility index (Phi) is 4.38. The van der Waals surface area contributed by atoms with Gasteiger partial charge >= 0.3 is 6.09 Å². The molecule has 0 spiro atoms. The van der Waals surface area contributed by atoms with Crippen molar-refractivity contribution in [1.82, 2.24) is 0 Å². The van der Waals surface area contributed by atoms with Gasteiger partial charge in [0, 0.05) is 16.3 Å². The molecule has 20 heavy (non-hydrogen) atoms. The number of carbonyl (C=O) groups excluding carboxylic acids is 2. The van der Waals surface area contributed by atoms with Crippen LogP contribution in [0.2, 0.25) is 5.02 Å². The van der Waals surface area contributed by atoms with Crippen molar-refractivity contribution >= 4 is 29.2 Å². The Morgan fingerprint density at radius 1 is 1.10 bits per heavy atom. The molecule has 0 aliphatic rings. The van der Waals surface area contributed by atoms with Crippen LogP contribution in [0.4, 0.5) is 10.5 Å². The second-order valence-corrected chi connectivity index (χ2v) is 4.54. The highest BCUT2D eigenvalue weighted by atomic mass is 35.5. The van der Waals surface area contributed by atoms with Crippen molar-refractivity contribution in [2.75, 3.05) is 5.32 Å². The van der Waals surface area contributed by atoms with E-state index in [2.05, 4.69) is 5.32 Å². The minimum Gasteiger partial charge on any atom is -0.410 e. The smallest absolute Gasteiger partial charge is 0.410 e. The fourth-order valence-electron chi connectivity index (χ4n) is 1.56. The summed E-state index contributed by atoms with van der Waals surface area (Å²) < 4.78 is 5.10. The SMILES string of the molecule is CC(=O)c1cccc(OC(=O)Nc2ccc(Cl)cc2)c1. The van der Waals surface area contributed by atoms with Gasteiger partial charge in [0.2, 0.25) is 0 Å². The minimum atomic E-state index is -0.631. The van der Waals surface area contributed by atoms with Crippen LogP contribution in [0.1, 0.15) is 17.3 Å². The molecule has 0 saturated heterocycles. The summed E-state index contributed by atoms with van der Waals surface area (Å²) in [7, 11) is 0. The first-order valence-electron chi connectivity index (χ1n) is 5.90.